The molecule has 2 aliphatic rings. The first-order valence-electron chi connectivity index (χ1n) is 9.27. The Kier molecular flexibility index (Phi) is 5.00. The van der Waals surface area contributed by atoms with Crippen molar-refractivity contribution in [3.63, 3.8) is 0 Å². The number of carbonyl (C=O) groups is 1. The smallest absolute Gasteiger partial charge is 0.275 e. The summed E-state index contributed by atoms with van der Waals surface area (Å²) in [5.41, 5.74) is 8.85. The van der Waals surface area contributed by atoms with Crippen LogP contribution in [0.15, 0.2) is 57.6 Å². The summed E-state index contributed by atoms with van der Waals surface area (Å²) < 4.78 is 1.35. The van der Waals surface area contributed by atoms with Gasteiger partial charge in [0.05, 0.1) is 17.8 Å². The maximum Gasteiger partial charge on any atom is 0.275 e. The van der Waals surface area contributed by atoms with Gasteiger partial charge in [0.15, 0.2) is 0 Å². The average molecular weight is 431 g/mol. The number of pyridine rings is 1. The van der Waals surface area contributed by atoms with Crippen molar-refractivity contribution in [3.8, 4) is 0 Å². The van der Waals surface area contributed by atoms with Crippen LogP contribution in [0, 0.1) is 0 Å². The molecule has 1 atom stereocenters. The maximum atomic E-state index is 13.2. The molecule has 29 heavy (non-hydrogen) atoms. The summed E-state index contributed by atoms with van der Waals surface area (Å²) >= 11 is 12.2. The van der Waals surface area contributed by atoms with Gasteiger partial charge in [0.1, 0.15) is 10.7 Å². The minimum absolute atomic E-state index is 0.0306. The zero-order chi connectivity index (χ0) is 20.9. The minimum atomic E-state index is -0.490. The van der Waals surface area contributed by atoms with Gasteiger partial charge in [0.2, 0.25) is 0 Å². The Morgan fingerprint density at radius 2 is 1.83 bits per heavy atom. The van der Waals surface area contributed by atoms with Crippen LogP contribution >= 0.6 is 23.2 Å². The van der Waals surface area contributed by atoms with Gasteiger partial charge < -0.3 is 10.3 Å². The van der Waals surface area contributed by atoms with Crippen LogP contribution < -0.4 is 16.2 Å². The second kappa shape index (κ2) is 7.35. The van der Waals surface area contributed by atoms with E-state index in [9.17, 15) is 9.59 Å². The second-order valence-electron chi connectivity index (χ2n) is 7.36. The number of rotatable bonds is 4. The van der Waals surface area contributed by atoms with Crippen molar-refractivity contribution in [2.45, 2.75) is 31.8 Å². The quantitative estimate of drug-likeness (QED) is 0.751. The van der Waals surface area contributed by atoms with E-state index in [-0.39, 0.29) is 28.2 Å². The van der Waals surface area contributed by atoms with Gasteiger partial charge in [-0.05, 0) is 43.5 Å². The summed E-state index contributed by atoms with van der Waals surface area (Å²) in [5, 5.41) is 0.625. The first kappa shape index (κ1) is 19.7. The molecule has 1 aliphatic heterocycles. The molecule has 150 valence electrons. The first-order valence-corrected chi connectivity index (χ1v) is 10.0. The number of aromatic nitrogens is 1. The third kappa shape index (κ3) is 3.58. The molecule has 8 heteroatoms. The van der Waals surface area contributed by atoms with E-state index < -0.39 is 6.04 Å². The van der Waals surface area contributed by atoms with Gasteiger partial charge in [-0.1, -0.05) is 35.3 Å². The number of benzene rings is 1. The molecule has 1 fully saturated rings. The summed E-state index contributed by atoms with van der Waals surface area (Å²) in [6.45, 7) is 1.88. The van der Waals surface area contributed by atoms with Crippen molar-refractivity contribution in [1.29, 1.82) is 0 Å². The van der Waals surface area contributed by atoms with E-state index >= 15 is 0 Å². The number of nitrogens with zero attached hydrogens (tertiary/aromatic N) is 3. The van der Waals surface area contributed by atoms with Crippen LogP contribution in [-0.4, -0.2) is 22.2 Å². The molecule has 1 aromatic heterocycles. The highest BCUT2D eigenvalue weighted by Crippen LogP contribution is 2.41. The fourth-order valence-corrected chi connectivity index (χ4v) is 3.96. The van der Waals surface area contributed by atoms with E-state index in [1.54, 1.807) is 30.3 Å². The molecule has 1 aromatic carbocycles. The molecule has 2 aromatic rings. The molecular weight excluding hydrogens is 411 g/mol. The van der Waals surface area contributed by atoms with Crippen molar-refractivity contribution in [2.24, 2.45) is 17.8 Å². The van der Waals surface area contributed by atoms with E-state index in [1.165, 1.54) is 10.6 Å². The largest absolute Gasteiger partial charge is 0.394 e. The van der Waals surface area contributed by atoms with Gasteiger partial charge in [0, 0.05) is 29.6 Å². The normalized spacial score (nSPS) is 20.0. The lowest BCUT2D eigenvalue weighted by Gasteiger charge is -2.28. The lowest BCUT2D eigenvalue weighted by Crippen LogP contribution is -2.33. The monoisotopic (exact) mass is 430 g/mol. The number of hydrogen-bond acceptors (Lipinski definition) is 4. The molecule has 1 aliphatic carbocycles. The van der Waals surface area contributed by atoms with Gasteiger partial charge in [-0.3, -0.25) is 19.5 Å². The van der Waals surface area contributed by atoms with E-state index in [2.05, 4.69) is 0 Å². The highest BCUT2D eigenvalue weighted by molar-refractivity contribution is 6.31. The van der Waals surface area contributed by atoms with Crippen molar-refractivity contribution >= 4 is 40.5 Å². The Hall–Kier alpha value is -2.57. The number of hydrogen-bond donors (Lipinski definition) is 1. The Balaban J connectivity index is 1.89. The number of halogens is 2. The first-order chi connectivity index (χ1) is 13.8. The Labute approximate surface area is 178 Å². The number of anilines is 1. The lowest BCUT2D eigenvalue weighted by molar-refractivity contribution is -0.114. The molecule has 2 heterocycles. The lowest BCUT2D eigenvalue weighted by atomic mass is 9.95. The van der Waals surface area contributed by atoms with E-state index in [1.807, 2.05) is 19.1 Å². The highest BCUT2D eigenvalue weighted by Gasteiger charge is 2.42. The summed E-state index contributed by atoms with van der Waals surface area (Å²) in [5.74, 6) is -0.347. The van der Waals surface area contributed by atoms with Crippen LogP contribution in [0.1, 0.15) is 31.4 Å². The van der Waals surface area contributed by atoms with Crippen LogP contribution in [0.3, 0.4) is 0 Å². The molecule has 1 saturated carbocycles. The molecular formula is C21H20Cl2N4O2. The van der Waals surface area contributed by atoms with Crippen LogP contribution in [0.25, 0.3) is 0 Å². The third-order valence-electron chi connectivity index (χ3n) is 5.17. The molecule has 0 radical (unpaired) electrons. The zero-order valence-electron chi connectivity index (χ0n) is 16.0. The van der Waals surface area contributed by atoms with Crippen LogP contribution in [0.5, 0.6) is 0 Å². The van der Waals surface area contributed by atoms with E-state index in [0.717, 1.165) is 24.1 Å². The predicted molar refractivity (Wildman–Crippen MR) is 116 cm³/mol. The molecule has 0 spiro atoms. The van der Waals surface area contributed by atoms with Crippen molar-refractivity contribution in [1.82, 2.24) is 4.57 Å². The van der Waals surface area contributed by atoms with E-state index in [4.69, 9.17) is 33.9 Å². The number of aliphatic imine (C=N–C) groups is 1. The number of amides is 1. The molecule has 0 unspecified atom stereocenters. The predicted octanol–water partition coefficient (Wildman–Crippen LogP) is 3.62. The second-order valence-corrected chi connectivity index (χ2v) is 8.21. The summed E-state index contributed by atoms with van der Waals surface area (Å²) in [4.78, 5) is 31.5. The van der Waals surface area contributed by atoms with Crippen molar-refractivity contribution in [3.05, 3.63) is 73.8 Å². The van der Waals surface area contributed by atoms with Gasteiger partial charge >= 0.3 is 0 Å². The molecule has 2 N–H and O–H groups in total. The van der Waals surface area contributed by atoms with Crippen LogP contribution in [-0.2, 0) is 11.8 Å². The minimum Gasteiger partial charge on any atom is -0.394 e. The maximum absolute atomic E-state index is 13.2. The van der Waals surface area contributed by atoms with Crippen LogP contribution in [0.2, 0.25) is 10.0 Å². The highest BCUT2D eigenvalue weighted by atomic mass is 35.5. The average Bonchev–Trinajstić information content (AvgIpc) is 3.45. The summed E-state index contributed by atoms with van der Waals surface area (Å²) in [6.07, 6.45) is 3.67. The summed E-state index contributed by atoms with van der Waals surface area (Å²) in [6, 6.07) is 8.56. The van der Waals surface area contributed by atoms with Gasteiger partial charge in [-0.25, -0.2) is 0 Å². The molecule has 0 bridgehead atoms. The van der Waals surface area contributed by atoms with Gasteiger partial charge in [-0.15, -0.1) is 0 Å². The third-order valence-corrected chi connectivity index (χ3v) is 5.70. The zero-order valence-corrected chi connectivity index (χ0v) is 17.5. The molecule has 0 saturated heterocycles. The Bertz CT molecular complexity index is 1090. The van der Waals surface area contributed by atoms with E-state index in [0.29, 0.717) is 16.3 Å². The molecule has 6 nitrogen and oxygen atoms in total. The summed E-state index contributed by atoms with van der Waals surface area (Å²) in [7, 11) is 1.59. The Morgan fingerprint density at radius 3 is 2.41 bits per heavy atom. The van der Waals surface area contributed by atoms with Crippen molar-refractivity contribution in [2.75, 3.05) is 4.90 Å². The number of aryl methyl sites for hydroxylation is 1. The SMILES string of the molecule is CC(=NC1CC1)C1=C(N)C(=O)N(c2cc(Cl)c(=O)n(C)c2)[C@H]1c1ccc(Cl)cc1. The topological polar surface area (TPSA) is 80.7 Å². The van der Waals surface area contributed by atoms with Gasteiger partial charge in [-0.2, -0.15) is 0 Å². The standard InChI is InChI=1S/C21H20Cl2N4O2/c1-11(25-14-7-8-14)17-18(24)21(29)27(15-9-16(23)20(28)26(2)10-15)19(17)12-3-5-13(22)6-4-12/h3-6,9-10,14,19H,7-8,24H2,1-2H3/t19-/m0/s1. The molecule has 1 amide bonds. The van der Waals surface area contributed by atoms with Crippen LogP contribution in [0.4, 0.5) is 5.69 Å². The molecule has 4 rings (SSSR count). The number of nitrogens with two attached hydrogens (primary N) is 1. The number of carbonyl (C=O) groups excluding carboxylic acids is 1. The Morgan fingerprint density at radius 1 is 1.17 bits per heavy atom. The fraction of sp³-hybridized carbons (Fsp3) is 0.286. The fourth-order valence-electron chi connectivity index (χ4n) is 3.59. The van der Waals surface area contributed by atoms with Crippen molar-refractivity contribution < 1.29 is 4.79 Å². The van der Waals surface area contributed by atoms with Gasteiger partial charge in [0.25, 0.3) is 11.5 Å².